The summed E-state index contributed by atoms with van der Waals surface area (Å²) in [4.78, 5) is 0. The molecule has 10 heavy (non-hydrogen) atoms. The molecule has 0 aromatic heterocycles. The number of benzene rings is 1. The summed E-state index contributed by atoms with van der Waals surface area (Å²) in [6, 6.07) is 8.19. The number of halogens is 2. The van der Waals surface area contributed by atoms with Crippen molar-refractivity contribution in [1.29, 1.82) is 0 Å². The molecule has 0 heterocycles. The zero-order valence-electron chi connectivity index (χ0n) is 5.38. The minimum absolute atomic E-state index is 0. The molecule has 0 atom stereocenters. The second-order valence-electron chi connectivity index (χ2n) is 1.83. The van der Waals surface area contributed by atoms with Gasteiger partial charge in [-0.25, -0.2) is 0 Å². The van der Waals surface area contributed by atoms with Crippen LogP contribution in [0.5, 0.6) is 0 Å². The van der Waals surface area contributed by atoms with Crippen LogP contribution in [0.1, 0.15) is 5.56 Å². The van der Waals surface area contributed by atoms with Gasteiger partial charge in [-0.3, -0.25) is 0 Å². The minimum atomic E-state index is 0. The summed E-state index contributed by atoms with van der Waals surface area (Å²) in [5.74, 6) is 0. The molecule has 56 valence electrons. The summed E-state index contributed by atoms with van der Waals surface area (Å²) in [7, 11) is 0. The highest BCUT2D eigenvalue weighted by atomic mass is 127. The van der Waals surface area contributed by atoms with Gasteiger partial charge in [0, 0.05) is 10.1 Å². The lowest BCUT2D eigenvalue weighted by Crippen LogP contribution is -1.95. The molecule has 0 aliphatic heterocycles. The molecule has 0 spiro atoms. The summed E-state index contributed by atoms with van der Waals surface area (Å²) in [5, 5.41) is 0. The Labute approximate surface area is 80.6 Å². The van der Waals surface area contributed by atoms with Crippen molar-refractivity contribution in [3.8, 4) is 0 Å². The Balaban J connectivity index is 0.000000810. The first-order valence-corrected chi connectivity index (χ1v) is 3.85. The lowest BCUT2D eigenvalue weighted by Gasteiger charge is -1.94. The van der Waals surface area contributed by atoms with Crippen LogP contribution in [0.15, 0.2) is 24.3 Å². The van der Waals surface area contributed by atoms with E-state index in [2.05, 4.69) is 34.7 Å². The lowest BCUT2D eigenvalue weighted by molar-refractivity contribution is 1.07. The molecular formula is C7H9ClIN. The maximum Gasteiger partial charge on any atom is 0.0178 e. The van der Waals surface area contributed by atoms with Crippen LogP contribution in [0.4, 0.5) is 0 Å². The Morgan fingerprint density at radius 3 is 2.50 bits per heavy atom. The number of hydrogen-bond donors (Lipinski definition) is 1. The SMILES string of the molecule is Cl.NCc1cccc(I)c1. The van der Waals surface area contributed by atoms with Crippen LogP contribution in [0, 0.1) is 3.57 Å². The largest absolute Gasteiger partial charge is 0.326 e. The van der Waals surface area contributed by atoms with E-state index in [-0.39, 0.29) is 12.4 Å². The van der Waals surface area contributed by atoms with Crippen LogP contribution in [0.3, 0.4) is 0 Å². The van der Waals surface area contributed by atoms with Crippen molar-refractivity contribution in [3.05, 3.63) is 33.4 Å². The molecule has 0 bridgehead atoms. The summed E-state index contributed by atoms with van der Waals surface area (Å²) in [5.41, 5.74) is 6.61. The normalized spacial score (nSPS) is 8.60. The highest BCUT2D eigenvalue weighted by Gasteiger charge is 1.87. The molecule has 1 aromatic rings. The van der Waals surface area contributed by atoms with Gasteiger partial charge in [-0.2, -0.15) is 0 Å². The maximum atomic E-state index is 5.42. The maximum absolute atomic E-state index is 5.42. The zero-order valence-corrected chi connectivity index (χ0v) is 8.35. The van der Waals surface area contributed by atoms with Gasteiger partial charge < -0.3 is 5.73 Å². The van der Waals surface area contributed by atoms with Crippen LogP contribution >= 0.6 is 35.0 Å². The molecule has 0 amide bonds. The molecule has 1 aromatic carbocycles. The molecule has 1 rings (SSSR count). The van der Waals surface area contributed by atoms with Gasteiger partial charge in [0.25, 0.3) is 0 Å². The third kappa shape index (κ3) is 2.86. The fourth-order valence-corrected chi connectivity index (χ4v) is 1.27. The Morgan fingerprint density at radius 1 is 1.40 bits per heavy atom. The number of hydrogen-bond acceptors (Lipinski definition) is 1. The molecule has 3 heteroatoms. The zero-order chi connectivity index (χ0) is 6.69. The summed E-state index contributed by atoms with van der Waals surface area (Å²) < 4.78 is 1.25. The van der Waals surface area contributed by atoms with Crippen LogP contribution in [-0.2, 0) is 6.54 Å². The quantitative estimate of drug-likeness (QED) is 0.777. The average molecular weight is 270 g/mol. The Bertz CT molecular complexity index is 203. The highest BCUT2D eigenvalue weighted by Crippen LogP contribution is 2.06. The van der Waals surface area contributed by atoms with Crippen molar-refractivity contribution < 1.29 is 0 Å². The smallest absolute Gasteiger partial charge is 0.0178 e. The van der Waals surface area contributed by atoms with Gasteiger partial charge in [0.15, 0.2) is 0 Å². The van der Waals surface area contributed by atoms with Gasteiger partial charge in [0.05, 0.1) is 0 Å². The Morgan fingerprint density at radius 2 is 2.10 bits per heavy atom. The molecule has 0 fully saturated rings. The summed E-state index contributed by atoms with van der Waals surface area (Å²) in [6.07, 6.45) is 0. The first-order valence-electron chi connectivity index (χ1n) is 2.77. The van der Waals surface area contributed by atoms with Gasteiger partial charge in [0.1, 0.15) is 0 Å². The molecule has 0 saturated heterocycles. The van der Waals surface area contributed by atoms with Crippen LogP contribution in [0.2, 0.25) is 0 Å². The Kier molecular flexibility index (Phi) is 5.03. The molecule has 0 aliphatic carbocycles. The van der Waals surface area contributed by atoms with Crippen molar-refractivity contribution in [2.24, 2.45) is 5.73 Å². The lowest BCUT2D eigenvalue weighted by atomic mass is 10.2. The van der Waals surface area contributed by atoms with Crippen molar-refractivity contribution in [3.63, 3.8) is 0 Å². The Hall–Kier alpha value is 0.200. The van der Waals surface area contributed by atoms with Crippen molar-refractivity contribution in [2.75, 3.05) is 0 Å². The fourth-order valence-electron chi connectivity index (χ4n) is 0.664. The van der Waals surface area contributed by atoms with E-state index < -0.39 is 0 Å². The summed E-state index contributed by atoms with van der Waals surface area (Å²) >= 11 is 2.27. The third-order valence-electron chi connectivity index (χ3n) is 1.12. The predicted octanol–water partition coefficient (Wildman–Crippen LogP) is 2.17. The van der Waals surface area contributed by atoms with E-state index in [0.717, 1.165) is 0 Å². The topological polar surface area (TPSA) is 26.0 Å². The van der Waals surface area contributed by atoms with Gasteiger partial charge >= 0.3 is 0 Å². The van der Waals surface area contributed by atoms with Gasteiger partial charge in [-0.05, 0) is 40.3 Å². The van der Waals surface area contributed by atoms with Crippen LogP contribution in [-0.4, -0.2) is 0 Å². The number of rotatable bonds is 1. The first kappa shape index (κ1) is 10.2. The second-order valence-corrected chi connectivity index (χ2v) is 3.08. The molecule has 2 N–H and O–H groups in total. The van der Waals surface area contributed by atoms with E-state index in [9.17, 15) is 0 Å². The van der Waals surface area contributed by atoms with E-state index in [0.29, 0.717) is 6.54 Å². The molecular weight excluding hydrogens is 260 g/mol. The summed E-state index contributed by atoms with van der Waals surface area (Å²) in [6.45, 7) is 0.636. The first-order chi connectivity index (χ1) is 4.33. The predicted molar refractivity (Wildman–Crippen MR) is 54.3 cm³/mol. The van der Waals surface area contributed by atoms with Gasteiger partial charge in [-0.15, -0.1) is 12.4 Å². The van der Waals surface area contributed by atoms with E-state index in [1.165, 1.54) is 9.13 Å². The van der Waals surface area contributed by atoms with E-state index in [1.807, 2.05) is 12.1 Å². The van der Waals surface area contributed by atoms with Crippen molar-refractivity contribution in [1.82, 2.24) is 0 Å². The van der Waals surface area contributed by atoms with Crippen molar-refractivity contribution >= 4 is 35.0 Å². The molecule has 0 radical (unpaired) electrons. The van der Waals surface area contributed by atoms with Crippen molar-refractivity contribution in [2.45, 2.75) is 6.54 Å². The highest BCUT2D eigenvalue weighted by molar-refractivity contribution is 14.1. The van der Waals surface area contributed by atoms with Gasteiger partial charge in [-0.1, -0.05) is 12.1 Å². The molecule has 1 nitrogen and oxygen atoms in total. The molecule has 0 unspecified atom stereocenters. The van der Waals surface area contributed by atoms with E-state index in [1.54, 1.807) is 0 Å². The number of nitrogens with two attached hydrogens (primary N) is 1. The van der Waals surface area contributed by atoms with E-state index >= 15 is 0 Å². The average Bonchev–Trinajstić information content (AvgIpc) is 1.88. The molecule has 0 aliphatic rings. The second kappa shape index (κ2) is 4.93. The van der Waals surface area contributed by atoms with E-state index in [4.69, 9.17) is 5.73 Å². The van der Waals surface area contributed by atoms with Crippen LogP contribution in [0.25, 0.3) is 0 Å². The monoisotopic (exact) mass is 269 g/mol. The standard InChI is InChI=1S/C7H8IN.ClH/c8-7-3-1-2-6(4-7)5-9;/h1-4H,5,9H2;1H. The van der Waals surface area contributed by atoms with Gasteiger partial charge in [0.2, 0.25) is 0 Å². The minimum Gasteiger partial charge on any atom is -0.326 e. The molecule has 0 saturated carbocycles. The fraction of sp³-hybridized carbons (Fsp3) is 0.143. The third-order valence-corrected chi connectivity index (χ3v) is 1.80. The van der Waals surface area contributed by atoms with Crippen LogP contribution < -0.4 is 5.73 Å².